The fourth-order valence-electron chi connectivity index (χ4n) is 1.85. The maximum absolute atomic E-state index is 6.27. The average molecular weight is 267 g/mol. The minimum atomic E-state index is 0.140. The van der Waals surface area contributed by atoms with Crippen LogP contribution < -0.4 is 5.32 Å². The SMILES string of the molecule is CCNC(c1ccccc1Cl)c1scnc1C. The summed E-state index contributed by atoms with van der Waals surface area (Å²) < 4.78 is 0. The Morgan fingerprint density at radius 1 is 1.41 bits per heavy atom. The molecule has 1 aromatic heterocycles. The number of halogens is 1. The van der Waals surface area contributed by atoms with Crippen molar-refractivity contribution in [2.45, 2.75) is 19.9 Å². The van der Waals surface area contributed by atoms with Gasteiger partial charge in [-0.3, -0.25) is 0 Å². The molecular weight excluding hydrogens is 252 g/mol. The summed E-state index contributed by atoms with van der Waals surface area (Å²) in [7, 11) is 0. The van der Waals surface area contributed by atoms with Crippen LogP contribution in [0.25, 0.3) is 0 Å². The van der Waals surface area contributed by atoms with Crippen LogP contribution in [0.2, 0.25) is 5.02 Å². The highest BCUT2D eigenvalue weighted by molar-refractivity contribution is 7.09. The van der Waals surface area contributed by atoms with E-state index in [1.165, 1.54) is 4.88 Å². The van der Waals surface area contributed by atoms with Gasteiger partial charge in [-0.2, -0.15) is 0 Å². The Kier molecular flexibility index (Phi) is 4.15. The highest BCUT2D eigenvalue weighted by atomic mass is 35.5. The zero-order valence-electron chi connectivity index (χ0n) is 9.90. The molecule has 2 aromatic rings. The van der Waals surface area contributed by atoms with Crippen LogP contribution in [0.1, 0.15) is 29.1 Å². The predicted octanol–water partition coefficient (Wildman–Crippen LogP) is 3.80. The van der Waals surface area contributed by atoms with E-state index in [1.807, 2.05) is 30.6 Å². The van der Waals surface area contributed by atoms with Gasteiger partial charge < -0.3 is 5.32 Å². The van der Waals surface area contributed by atoms with Gasteiger partial charge in [0.2, 0.25) is 0 Å². The van der Waals surface area contributed by atoms with E-state index in [0.717, 1.165) is 22.8 Å². The van der Waals surface area contributed by atoms with Crippen molar-refractivity contribution in [2.75, 3.05) is 6.54 Å². The summed E-state index contributed by atoms with van der Waals surface area (Å²) in [5.74, 6) is 0. The number of hydrogen-bond donors (Lipinski definition) is 1. The zero-order valence-corrected chi connectivity index (χ0v) is 11.5. The van der Waals surface area contributed by atoms with Crippen LogP contribution in [0.4, 0.5) is 0 Å². The van der Waals surface area contributed by atoms with Crippen LogP contribution >= 0.6 is 22.9 Å². The normalized spacial score (nSPS) is 12.6. The lowest BCUT2D eigenvalue weighted by atomic mass is 10.0. The van der Waals surface area contributed by atoms with E-state index in [9.17, 15) is 0 Å². The first-order valence-electron chi connectivity index (χ1n) is 5.61. The van der Waals surface area contributed by atoms with E-state index in [2.05, 4.69) is 23.3 Å². The Morgan fingerprint density at radius 2 is 2.18 bits per heavy atom. The minimum absolute atomic E-state index is 0.140. The number of rotatable bonds is 4. The third-order valence-corrected chi connectivity index (χ3v) is 4.01. The minimum Gasteiger partial charge on any atom is -0.306 e. The molecule has 0 spiro atoms. The van der Waals surface area contributed by atoms with Crippen molar-refractivity contribution in [1.82, 2.24) is 10.3 Å². The Bertz CT molecular complexity index is 496. The van der Waals surface area contributed by atoms with Crippen molar-refractivity contribution in [3.63, 3.8) is 0 Å². The number of benzene rings is 1. The van der Waals surface area contributed by atoms with Crippen LogP contribution in [-0.4, -0.2) is 11.5 Å². The first-order valence-corrected chi connectivity index (χ1v) is 6.87. The summed E-state index contributed by atoms with van der Waals surface area (Å²) in [6, 6.07) is 8.10. The molecule has 0 saturated carbocycles. The molecule has 0 amide bonds. The topological polar surface area (TPSA) is 24.9 Å². The van der Waals surface area contributed by atoms with E-state index in [1.54, 1.807) is 11.3 Å². The molecule has 2 nitrogen and oxygen atoms in total. The van der Waals surface area contributed by atoms with Crippen LogP contribution in [0.15, 0.2) is 29.8 Å². The summed E-state index contributed by atoms with van der Waals surface area (Å²) >= 11 is 7.94. The number of nitrogens with zero attached hydrogens (tertiary/aromatic N) is 1. The lowest BCUT2D eigenvalue weighted by molar-refractivity contribution is 0.636. The maximum Gasteiger partial charge on any atom is 0.0798 e. The van der Waals surface area contributed by atoms with Crippen molar-refractivity contribution in [2.24, 2.45) is 0 Å². The van der Waals surface area contributed by atoms with Crippen molar-refractivity contribution in [3.8, 4) is 0 Å². The van der Waals surface area contributed by atoms with Gasteiger partial charge in [0.05, 0.1) is 17.2 Å². The van der Waals surface area contributed by atoms with E-state index in [4.69, 9.17) is 11.6 Å². The summed E-state index contributed by atoms with van der Waals surface area (Å²) in [6.07, 6.45) is 0. The Balaban J connectivity index is 2.43. The van der Waals surface area contributed by atoms with Crippen molar-refractivity contribution in [1.29, 1.82) is 0 Å². The lowest BCUT2D eigenvalue weighted by Crippen LogP contribution is -2.22. The smallest absolute Gasteiger partial charge is 0.0798 e. The van der Waals surface area contributed by atoms with Crippen LogP contribution in [0, 0.1) is 6.92 Å². The van der Waals surface area contributed by atoms with Gasteiger partial charge in [0.15, 0.2) is 0 Å². The van der Waals surface area contributed by atoms with E-state index < -0.39 is 0 Å². The Hall–Kier alpha value is -0.900. The van der Waals surface area contributed by atoms with Crippen molar-refractivity contribution >= 4 is 22.9 Å². The molecule has 0 radical (unpaired) electrons. The summed E-state index contributed by atoms with van der Waals surface area (Å²) in [4.78, 5) is 5.55. The highest BCUT2D eigenvalue weighted by Crippen LogP contribution is 2.31. The van der Waals surface area contributed by atoms with Gasteiger partial charge >= 0.3 is 0 Å². The average Bonchev–Trinajstić information content (AvgIpc) is 2.74. The van der Waals surface area contributed by atoms with Gasteiger partial charge in [-0.25, -0.2) is 4.98 Å². The van der Waals surface area contributed by atoms with E-state index >= 15 is 0 Å². The fourth-order valence-corrected chi connectivity index (χ4v) is 2.98. The molecule has 2 rings (SSSR count). The molecule has 1 heterocycles. The molecule has 4 heteroatoms. The summed E-state index contributed by atoms with van der Waals surface area (Å²) in [5.41, 5.74) is 4.07. The third kappa shape index (κ3) is 2.68. The van der Waals surface area contributed by atoms with Gasteiger partial charge in [0.1, 0.15) is 0 Å². The van der Waals surface area contributed by atoms with Crippen LogP contribution in [0.5, 0.6) is 0 Å². The second kappa shape index (κ2) is 5.63. The molecule has 0 fully saturated rings. The lowest BCUT2D eigenvalue weighted by Gasteiger charge is -2.18. The van der Waals surface area contributed by atoms with Gasteiger partial charge in [0.25, 0.3) is 0 Å². The van der Waals surface area contributed by atoms with Gasteiger partial charge in [-0.05, 0) is 25.1 Å². The molecule has 0 saturated heterocycles. The molecule has 17 heavy (non-hydrogen) atoms. The number of aromatic nitrogens is 1. The Labute approximate surface area is 111 Å². The van der Waals surface area contributed by atoms with Crippen molar-refractivity contribution < 1.29 is 0 Å². The van der Waals surface area contributed by atoms with Gasteiger partial charge in [-0.15, -0.1) is 11.3 Å². The molecule has 0 aliphatic carbocycles. The first kappa shape index (κ1) is 12.6. The largest absolute Gasteiger partial charge is 0.306 e. The molecule has 1 unspecified atom stereocenters. The first-order chi connectivity index (χ1) is 8.24. The highest BCUT2D eigenvalue weighted by Gasteiger charge is 2.19. The number of thiazole rings is 1. The van der Waals surface area contributed by atoms with E-state index in [0.29, 0.717) is 0 Å². The van der Waals surface area contributed by atoms with Crippen LogP contribution in [0.3, 0.4) is 0 Å². The monoisotopic (exact) mass is 266 g/mol. The predicted molar refractivity (Wildman–Crippen MR) is 73.8 cm³/mol. The summed E-state index contributed by atoms with van der Waals surface area (Å²) in [6.45, 7) is 5.03. The molecule has 0 aliphatic rings. The Morgan fingerprint density at radius 3 is 2.76 bits per heavy atom. The van der Waals surface area contributed by atoms with Crippen LogP contribution in [-0.2, 0) is 0 Å². The molecular formula is C13H15ClN2S. The second-order valence-electron chi connectivity index (χ2n) is 3.81. The zero-order chi connectivity index (χ0) is 12.3. The van der Waals surface area contributed by atoms with Gasteiger partial charge in [0, 0.05) is 9.90 Å². The van der Waals surface area contributed by atoms with Crippen molar-refractivity contribution in [3.05, 3.63) is 50.9 Å². The maximum atomic E-state index is 6.27. The summed E-state index contributed by atoms with van der Waals surface area (Å²) in [5, 5.41) is 4.27. The molecule has 90 valence electrons. The number of nitrogens with one attached hydrogen (secondary N) is 1. The molecule has 1 atom stereocenters. The fraction of sp³-hybridized carbons (Fsp3) is 0.308. The second-order valence-corrected chi connectivity index (χ2v) is 5.11. The number of hydrogen-bond acceptors (Lipinski definition) is 3. The molecule has 0 bridgehead atoms. The standard InChI is InChI=1S/C13H15ClN2S/c1-3-15-12(13-9(2)16-8-17-13)10-6-4-5-7-11(10)14/h4-8,12,15H,3H2,1-2H3. The quantitative estimate of drug-likeness (QED) is 0.910. The van der Waals surface area contributed by atoms with E-state index in [-0.39, 0.29) is 6.04 Å². The van der Waals surface area contributed by atoms with Gasteiger partial charge in [-0.1, -0.05) is 36.7 Å². The molecule has 1 aromatic carbocycles. The third-order valence-electron chi connectivity index (χ3n) is 2.67. The number of aryl methyl sites for hydroxylation is 1. The molecule has 0 aliphatic heterocycles. The molecule has 1 N–H and O–H groups in total.